The first-order valence-corrected chi connectivity index (χ1v) is 7.67. The van der Waals surface area contributed by atoms with E-state index in [-0.39, 0.29) is 11.7 Å². The van der Waals surface area contributed by atoms with Crippen molar-refractivity contribution in [2.24, 2.45) is 5.92 Å². The number of rotatable bonds is 9. The largest absolute Gasteiger partial charge is 0.356 e. The molecule has 2 nitrogen and oxygen atoms in total. The highest BCUT2D eigenvalue weighted by molar-refractivity contribution is 5.76. The number of amides is 1. The van der Waals surface area contributed by atoms with Crippen LogP contribution in [0, 0.1) is 11.7 Å². The third-order valence-electron chi connectivity index (χ3n) is 3.71. The molecule has 1 N–H and O–H groups in total. The van der Waals surface area contributed by atoms with Gasteiger partial charge in [-0.15, -0.1) is 0 Å². The molecule has 1 aromatic carbocycles. The number of halogens is 1. The lowest BCUT2D eigenvalue weighted by atomic mass is 9.99. The number of carbonyl (C=O) groups excluding carboxylic acids is 1. The van der Waals surface area contributed by atoms with Crippen LogP contribution in [0.1, 0.15) is 51.5 Å². The Morgan fingerprint density at radius 2 is 2.05 bits per heavy atom. The van der Waals surface area contributed by atoms with E-state index < -0.39 is 0 Å². The molecule has 0 saturated carbocycles. The van der Waals surface area contributed by atoms with Gasteiger partial charge in [0.15, 0.2) is 0 Å². The summed E-state index contributed by atoms with van der Waals surface area (Å²) in [5.41, 5.74) is 0.612. The summed E-state index contributed by atoms with van der Waals surface area (Å²) in [7, 11) is 0. The van der Waals surface area contributed by atoms with Gasteiger partial charge in [0.2, 0.25) is 5.91 Å². The molecular formula is C17H26FNO. The van der Waals surface area contributed by atoms with Gasteiger partial charge in [0.1, 0.15) is 5.82 Å². The lowest BCUT2D eigenvalue weighted by molar-refractivity contribution is -0.121. The number of aryl methyl sites for hydroxylation is 1. The molecule has 20 heavy (non-hydrogen) atoms. The van der Waals surface area contributed by atoms with Crippen LogP contribution in [0.25, 0.3) is 0 Å². The number of nitrogens with one attached hydrogen (secondary N) is 1. The first-order chi connectivity index (χ1) is 9.67. The molecule has 1 rings (SSSR count). The standard InChI is InChI=1S/C17H26FNO/c1-3-5-8-14(4-2)13-19-17(20)12-11-15-9-6-7-10-16(15)18/h6-7,9-10,14H,3-5,8,11-13H2,1-2H3,(H,19,20)/t14-/m1/s1. The summed E-state index contributed by atoms with van der Waals surface area (Å²) in [6, 6.07) is 6.64. The summed E-state index contributed by atoms with van der Waals surface area (Å²) in [5, 5.41) is 2.97. The second-order valence-electron chi connectivity index (χ2n) is 5.31. The molecule has 1 aromatic rings. The van der Waals surface area contributed by atoms with Gasteiger partial charge in [-0.3, -0.25) is 4.79 Å². The molecule has 0 aromatic heterocycles. The normalized spacial score (nSPS) is 12.2. The summed E-state index contributed by atoms with van der Waals surface area (Å²) >= 11 is 0. The van der Waals surface area contributed by atoms with E-state index in [1.807, 2.05) is 0 Å². The average Bonchev–Trinajstić information content (AvgIpc) is 2.46. The number of benzene rings is 1. The number of hydrogen-bond donors (Lipinski definition) is 1. The third kappa shape index (κ3) is 6.18. The fourth-order valence-electron chi connectivity index (χ4n) is 2.24. The number of carbonyl (C=O) groups is 1. The van der Waals surface area contributed by atoms with Crippen LogP contribution in [0.3, 0.4) is 0 Å². The lowest BCUT2D eigenvalue weighted by Gasteiger charge is -2.15. The number of hydrogen-bond acceptors (Lipinski definition) is 1. The SMILES string of the molecule is CCCC[C@@H](CC)CNC(=O)CCc1ccccc1F. The summed E-state index contributed by atoms with van der Waals surface area (Å²) in [4.78, 5) is 11.8. The molecule has 0 aliphatic carbocycles. The van der Waals surface area contributed by atoms with Gasteiger partial charge in [-0.2, -0.15) is 0 Å². The van der Waals surface area contributed by atoms with Crippen LogP contribution in [0.4, 0.5) is 4.39 Å². The van der Waals surface area contributed by atoms with E-state index in [0.717, 1.165) is 13.0 Å². The topological polar surface area (TPSA) is 29.1 Å². The van der Waals surface area contributed by atoms with Gasteiger partial charge in [-0.25, -0.2) is 4.39 Å². The van der Waals surface area contributed by atoms with Gasteiger partial charge in [0.25, 0.3) is 0 Å². The zero-order chi connectivity index (χ0) is 14.8. The van der Waals surface area contributed by atoms with E-state index in [4.69, 9.17) is 0 Å². The summed E-state index contributed by atoms with van der Waals surface area (Å²) in [6.45, 7) is 5.08. The van der Waals surface area contributed by atoms with E-state index in [9.17, 15) is 9.18 Å². The van der Waals surface area contributed by atoms with Crippen molar-refractivity contribution in [1.82, 2.24) is 5.32 Å². The smallest absolute Gasteiger partial charge is 0.220 e. The van der Waals surface area contributed by atoms with Crippen LogP contribution < -0.4 is 5.32 Å². The Kier molecular flexibility index (Phi) is 7.93. The maximum absolute atomic E-state index is 13.4. The Morgan fingerprint density at radius 3 is 2.70 bits per heavy atom. The Labute approximate surface area is 121 Å². The predicted molar refractivity (Wildman–Crippen MR) is 81.0 cm³/mol. The fraction of sp³-hybridized carbons (Fsp3) is 0.588. The molecule has 1 amide bonds. The molecule has 1 atom stereocenters. The molecule has 112 valence electrons. The van der Waals surface area contributed by atoms with Crippen LogP contribution in [-0.4, -0.2) is 12.5 Å². The molecule has 0 aliphatic heterocycles. The van der Waals surface area contributed by atoms with Crippen molar-refractivity contribution >= 4 is 5.91 Å². The molecule has 0 fully saturated rings. The Morgan fingerprint density at radius 1 is 1.30 bits per heavy atom. The summed E-state index contributed by atoms with van der Waals surface area (Å²) in [5.74, 6) is 0.352. The Bertz CT molecular complexity index is 406. The zero-order valence-corrected chi connectivity index (χ0v) is 12.6. The highest BCUT2D eigenvalue weighted by Crippen LogP contribution is 2.12. The second kappa shape index (κ2) is 9.51. The second-order valence-corrected chi connectivity index (χ2v) is 5.31. The highest BCUT2D eigenvalue weighted by Gasteiger charge is 2.09. The molecule has 0 bridgehead atoms. The van der Waals surface area contributed by atoms with E-state index >= 15 is 0 Å². The zero-order valence-electron chi connectivity index (χ0n) is 12.6. The van der Waals surface area contributed by atoms with Crippen LogP contribution >= 0.6 is 0 Å². The van der Waals surface area contributed by atoms with Gasteiger partial charge < -0.3 is 5.32 Å². The highest BCUT2D eigenvalue weighted by atomic mass is 19.1. The minimum absolute atomic E-state index is 0.0169. The number of unbranched alkanes of at least 4 members (excludes halogenated alkanes) is 1. The third-order valence-corrected chi connectivity index (χ3v) is 3.71. The minimum atomic E-state index is -0.227. The van der Waals surface area contributed by atoms with Gasteiger partial charge in [-0.1, -0.05) is 51.3 Å². The summed E-state index contributed by atoms with van der Waals surface area (Å²) < 4.78 is 13.4. The van der Waals surface area contributed by atoms with Crippen molar-refractivity contribution in [2.45, 2.75) is 52.4 Å². The van der Waals surface area contributed by atoms with E-state index in [0.29, 0.717) is 24.3 Å². The van der Waals surface area contributed by atoms with Crippen molar-refractivity contribution < 1.29 is 9.18 Å². The minimum Gasteiger partial charge on any atom is -0.356 e. The lowest BCUT2D eigenvalue weighted by Crippen LogP contribution is -2.29. The van der Waals surface area contributed by atoms with Crippen molar-refractivity contribution in [3.63, 3.8) is 0 Å². The van der Waals surface area contributed by atoms with E-state index in [1.165, 1.54) is 25.3 Å². The van der Waals surface area contributed by atoms with Gasteiger partial charge in [0, 0.05) is 13.0 Å². The molecule has 0 spiro atoms. The van der Waals surface area contributed by atoms with Crippen molar-refractivity contribution in [2.75, 3.05) is 6.54 Å². The van der Waals surface area contributed by atoms with Crippen LogP contribution in [-0.2, 0) is 11.2 Å². The van der Waals surface area contributed by atoms with Gasteiger partial charge >= 0.3 is 0 Å². The Hall–Kier alpha value is -1.38. The molecule has 3 heteroatoms. The van der Waals surface area contributed by atoms with Crippen molar-refractivity contribution in [3.8, 4) is 0 Å². The molecule has 0 radical (unpaired) electrons. The molecular weight excluding hydrogens is 253 g/mol. The predicted octanol–water partition coefficient (Wildman–Crippen LogP) is 4.09. The van der Waals surface area contributed by atoms with Crippen LogP contribution in [0.2, 0.25) is 0 Å². The molecule has 0 aliphatic rings. The maximum Gasteiger partial charge on any atom is 0.220 e. The summed E-state index contributed by atoms with van der Waals surface area (Å²) in [6.07, 6.45) is 5.48. The van der Waals surface area contributed by atoms with Gasteiger partial charge in [0.05, 0.1) is 0 Å². The average molecular weight is 279 g/mol. The Balaban J connectivity index is 2.28. The van der Waals surface area contributed by atoms with Crippen molar-refractivity contribution in [1.29, 1.82) is 0 Å². The molecule has 0 unspecified atom stereocenters. The van der Waals surface area contributed by atoms with E-state index in [2.05, 4.69) is 19.2 Å². The first-order valence-electron chi connectivity index (χ1n) is 7.67. The van der Waals surface area contributed by atoms with Crippen LogP contribution in [0.5, 0.6) is 0 Å². The molecule has 0 heterocycles. The fourth-order valence-corrected chi connectivity index (χ4v) is 2.24. The maximum atomic E-state index is 13.4. The van der Waals surface area contributed by atoms with Crippen LogP contribution in [0.15, 0.2) is 24.3 Å². The van der Waals surface area contributed by atoms with Crippen molar-refractivity contribution in [3.05, 3.63) is 35.6 Å². The monoisotopic (exact) mass is 279 g/mol. The van der Waals surface area contributed by atoms with Gasteiger partial charge in [-0.05, 0) is 30.4 Å². The molecule has 0 saturated heterocycles. The van der Waals surface area contributed by atoms with E-state index in [1.54, 1.807) is 18.2 Å². The quantitative estimate of drug-likeness (QED) is 0.724. The first kappa shape index (κ1) is 16.7.